The van der Waals surface area contributed by atoms with E-state index in [1.54, 1.807) is 24.3 Å². The Morgan fingerprint density at radius 2 is 1.92 bits per heavy atom. The third-order valence-electron chi connectivity index (χ3n) is 0.967. The highest BCUT2D eigenvalue weighted by molar-refractivity contribution is 6.31. The van der Waals surface area contributed by atoms with Gasteiger partial charge in [-0.1, -0.05) is 23.7 Å². The van der Waals surface area contributed by atoms with Crippen LogP contribution < -0.4 is 0 Å². The molecule has 0 fully saturated rings. The number of phenolic OH excluding ortho intramolecular Hbond substituents is 1. The highest BCUT2D eigenvalue weighted by Gasteiger charge is 1.89. The van der Waals surface area contributed by atoms with Crippen LogP contribution in [0.5, 0.6) is 5.75 Å². The van der Waals surface area contributed by atoms with E-state index in [1.807, 2.05) is 0 Å². The first-order valence-corrected chi connectivity index (χ1v) is 3.67. The standard InChI is InChI=1S/C6H5ClO.C2H3FO2/c7-5-3-1-2-4-6(5)8;3-1-2(4)5/h1-4,8H;1H2,(H,4,5). The fourth-order valence-electron chi connectivity index (χ4n) is 0.452. The van der Waals surface area contributed by atoms with Gasteiger partial charge < -0.3 is 10.2 Å². The van der Waals surface area contributed by atoms with Gasteiger partial charge in [0.15, 0.2) is 6.67 Å². The van der Waals surface area contributed by atoms with Gasteiger partial charge in [0.05, 0.1) is 5.02 Å². The maximum absolute atomic E-state index is 10.5. The lowest BCUT2D eigenvalue weighted by molar-refractivity contribution is -0.137. The van der Waals surface area contributed by atoms with Gasteiger partial charge in [0, 0.05) is 0 Å². The van der Waals surface area contributed by atoms with E-state index in [9.17, 15) is 4.39 Å². The highest BCUT2D eigenvalue weighted by atomic mass is 35.5. The molecule has 0 aliphatic rings. The molecule has 0 heterocycles. The van der Waals surface area contributed by atoms with Crippen molar-refractivity contribution in [2.45, 2.75) is 0 Å². The van der Waals surface area contributed by atoms with Crippen molar-refractivity contribution in [3.63, 3.8) is 0 Å². The molecule has 1 aromatic carbocycles. The molecule has 0 unspecified atom stereocenters. The fourth-order valence-corrected chi connectivity index (χ4v) is 0.587. The molecule has 72 valence electrons. The first-order valence-electron chi connectivity index (χ1n) is 3.29. The summed E-state index contributed by atoms with van der Waals surface area (Å²) < 4.78 is 10.5. The molecule has 0 bridgehead atoms. The molecule has 0 aliphatic heterocycles. The van der Waals surface area contributed by atoms with Crippen LogP contribution in [-0.4, -0.2) is 22.9 Å². The Morgan fingerprint density at radius 1 is 1.46 bits per heavy atom. The van der Waals surface area contributed by atoms with E-state index in [0.29, 0.717) is 5.02 Å². The van der Waals surface area contributed by atoms with Crippen LogP contribution in [0.2, 0.25) is 5.02 Å². The molecule has 0 atom stereocenters. The molecular weight excluding hydrogens is 199 g/mol. The number of para-hydroxylation sites is 1. The predicted octanol–water partition coefficient (Wildman–Crippen LogP) is 2.09. The van der Waals surface area contributed by atoms with E-state index in [-0.39, 0.29) is 5.75 Å². The zero-order valence-electron chi connectivity index (χ0n) is 6.58. The summed E-state index contributed by atoms with van der Waals surface area (Å²) in [6, 6.07) is 6.67. The number of alkyl halides is 1. The summed E-state index contributed by atoms with van der Waals surface area (Å²) in [6.07, 6.45) is 0. The Hall–Kier alpha value is -1.29. The van der Waals surface area contributed by atoms with Crippen LogP contribution in [0.15, 0.2) is 24.3 Å². The number of halogens is 2. The van der Waals surface area contributed by atoms with Crippen LogP contribution in [0.4, 0.5) is 4.39 Å². The minimum atomic E-state index is -1.41. The molecule has 0 spiro atoms. The monoisotopic (exact) mass is 206 g/mol. The minimum absolute atomic E-state index is 0.133. The third-order valence-corrected chi connectivity index (χ3v) is 1.29. The number of carboxylic acids is 1. The van der Waals surface area contributed by atoms with Crippen molar-refractivity contribution in [3.05, 3.63) is 29.3 Å². The van der Waals surface area contributed by atoms with E-state index >= 15 is 0 Å². The van der Waals surface area contributed by atoms with Crippen molar-refractivity contribution < 1.29 is 19.4 Å². The molecule has 0 saturated heterocycles. The first-order chi connectivity index (χ1) is 6.07. The zero-order valence-corrected chi connectivity index (χ0v) is 7.33. The van der Waals surface area contributed by atoms with Crippen LogP contribution in [0.25, 0.3) is 0 Å². The van der Waals surface area contributed by atoms with Crippen LogP contribution >= 0.6 is 11.6 Å². The van der Waals surface area contributed by atoms with E-state index in [2.05, 4.69) is 0 Å². The third kappa shape index (κ3) is 5.93. The van der Waals surface area contributed by atoms with E-state index < -0.39 is 12.6 Å². The summed E-state index contributed by atoms with van der Waals surface area (Å²) >= 11 is 5.46. The van der Waals surface area contributed by atoms with Crippen LogP contribution in [0.3, 0.4) is 0 Å². The normalized spacial score (nSPS) is 8.46. The van der Waals surface area contributed by atoms with Gasteiger partial charge in [-0.25, -0.2) is 9.18 Å². The molecule has 5 heteroatoms. The average Bonchev–Trinajstić information content (AvgIpc) is 2.11. The van der Waals surface area contributed by atoms with Gasteiger partial charge in [0.25, 0.3) is 0 Å². The Kier molecular flexibility index (Phi) is 5.63. The molecule has 0 aromatic heterocycles. The van der Waals surface area contributed by atoms with Gasteiger partial charge >= 0.3 is 5.97 Å². The molecule has 2 N–H and O–H groups in total. The van der Waals surface area contributed by atoms with Crippen LogP contribution in [0, 0.1) is 0 Å². The lowest BCUT2D eigenvalue weighted by atomic mass is 10.3. The topological polar surface area (TPSA) is 57.5 Å². The summed E-state index contributed by atoms with van der Waals surface area (Å²) in [4.78, 5) is 8.99. The Bertz CT molecular complexity index is 257. The summed E-state index contributed by atoms with van der Waals surface area (Å²) in [6.45, 7) is -1.28. The highest BCUT2D eigenvalue weighted by Crippen LogP contribution is 2.20. The van der Waals surface area contributed by atoms with Gasteiger partial charge in [-0.3, -0.25) is 0 Å². The number of benzene rings is 1. The van der Waals surface area contributed by atoms with Crippen molar-refractivity contribution in [2.24, 2.45) is 0 Å². The molecule has 0 amide bonds. The summed E-state index contributed by atoms with van der Waals surface area (Å²) in [5.41, 5.74) is 0. The molecular formula is C8H8ClFO3. The molecule has 1 rings (SSSR count). The van der Waals surface area contributed by atoms with Gasteiger partial charge in [-0.2, -0.15) is 0 Å². The number of aromatic hydroxyl groups is 1. The summed E-state index contributed by atoms with van der Waals surface area (Å²) in [5, 5.41) is 16.5. The van der Waals surface area contributed by atoms with Crippen molar-refractivity contribution in [3.8, 4) is 5.75 Å². The first kappa shape index (κ1) is 11.7. The zero-order chi connectivity index (χ0) is 10.3. The SMILES string of the molecule is O=C(O)CF.Oc1ccccc1Cl. The molecule has 3 nitrogen and oxygen atoms in total. The number of aliphatic carboxylic acids is 1. The van der Waals surface area contributed by atoms with Gasteiger partial charge in [0.2, 0.25) is 0 Å². The number of carboxylic acid groups (broad SMARTS) is 1. The lowest BCUT2D eigenvalue weighted by Gasteiger charge is -1.89. The Balaban J connectivity index is 0.000000252. The minimum Gasteiger partial charge on any atom is -0.506 e. The second-order valence-corrected chi connectivity index (χ2v) is 2.39. The van der Waals surface area contributed by atoms with Gasteiger partial charge in [-0.05, 0) is 12.1 Å². The second kappa shape index (κ2) is 6.25. The Morgan fingerprint density at radius 3 is 2.15 bits per heavy atom. The number of phenols is 1. The average molecular weight is 207 g/mol. The van der Waals surface area contributed by atoms with Gasteiger partial charge in [-0.15, -0.1) is 0 Å². The largest absolute Gasteiger partial charge is 0.506 e. The summed E-state index contributed by atoms with van der Waals surface area (Å²) in [5.74, 6) is -1.28. The van der Waals surface area contributed by atoms with E-state index in [0.717, 1.165) is 0 Å². The molecule has 1 aromatic rings. The summed E-state index contributed by atoms with van der Waals surface area (Å²) in [7, 11) is 0. The fraction of sp³-hybridized carbons (Fsp3) is 0.125. The maximum Gasteiger partial charge on any atom is 0.335 e. The molecule has 0 saturated carbocycles. The number of hydrogen-bond donors (Lipinski definition) is 2. The number of carbonyl (C=O) groups is 1. The lowest BCUT2D eigenvalue weighted by Crippen LogP contribution is -1.93. The van der Waals surface area contributed by atoms with E-state index in [4.69, 9.17) is 26.6 Å². The quantitative estimate of drug-likeness (QED) is 0.740. The van der Waals surface area contributed by atoms with Crippen LogP contribution in [-0.2, 0) is 4.79 Å². The van der Waals surface area contributed by atoms with Crippen molar-refractivity contribution in [1.82, 2.24) is 0 Å². The van der Waals surface area contributed by atoms with Crippen molar-refractivity contribution in [1.29, 1.82) is 0 Å². The molecule has 0 radical (unpaired) electrons. The second-order valence-electron chi connectivity index (χ2n) is 1.98. The molecule has 13 heavy (non-hydrogen) atoms. The Labute approximate surface area is 79.4 Å². The van der Waals surface area contributed by atoms with E-state index in [1.165, 1.54) is 0 Å². The number of rotatable bonds is 1. The smallest absolute Gasteiger partial charge is 0.335 e. The predicted molar refractivity (Wildman–Crippen MR) is 46.7 cm³/mol. The van der Waals surface area contributed by atoms with Crippen LogP contribution in [0.1, 0.15) is 0 Å². The van der Waals surface area contributed by atoms with Crippen molar-refractivity contribution >= 4 is 17.6 Å². The maximum atomic E-state index is 10.5. The van der Waals surface area contributed by atoms with Crippen molar-refractivity contribution in [2.75, 3.05) is 6.67 Å². The molecule has 0 aliphatic carbocycles. The van der Waals surface area contributed by atoms with Gasteiger partial charge in [0.1, 0.15) is 5.75 Å². The number of hydrogen-bond acceptors (Lipinski definition) is 2.